The number of esters is 2. The van der Waals surface area contributed by atoms with Gasteiger partial charge in [0.15, 0.2) is 6.10 Å². The van der Waals surface area contributed by atoms with Crippen molar-refractivity contribution in [3.63, 3.8) is 0 Å². The highest BCUT2D eigenvalue weighted by molar-refractivity contribution is 7.47. The molecular weight excluding hydrogens is 798 g/mol. The van der Waals surface area contributed by atoms with Crippen LogP contribution in [-0.4, -0.2) is 70.4 Å². The fourth-order valence-electron chi connectivity index (χ4n) is 5.25. The molecule has 0 fully saturated rings. The van der Waals surface area contributed by atoms with Crippen LogP contribution in [-0.2, 0) is 41.8 Å². The normalized spacial score (nSPS) is 14.7. The molecule has 0 saturated carbocycles. The van der Waals surface area contributed by atoms with Crippen LogP contribution in [0.1, 0.15) is 155 Å². The smallest absolute Gasteiger partial charge is 0.462 e. The van der Waals surface area contributed by atoms with Crippen molar-refractivity contribution < 1.29 is 61.6 Å². The van der Waals surface area contributed by atoms with E-state index in [0.717, 1.165) is 70.6 Å². The Morgan fingerprint density at radius 2 is 0.898 bits per heavy atom. The van der Waals surface area contributed by atoms with E-state index in [0.29, 0.717) is 19.3 Å². The highest BCUT2D eigenvalue weighted by Gasteiger charge is 2.28. The van der Waals surface area contributed by atoms with Crippen molar-refractivity contribution in [1.29, 1.82) is 0 Å². The van der Waals surface area contributed by atoms with Gasteiger partial charge in [0, 0.05) is 12.8 Å². The number of rotatable bonds is 40. The molecule has 1 unspecified atom stereocenters. The molecule has 0 aromatic heterocycles. The highest BCUT2D eigenvalue weighted by Crippen LogP contribution is 2.43. The predicted octanol–water partition coefficient (Wildman–Crippen LogP) is 11.0. The Morgan fingerprint density at radius 1 is 0.492 bits per heavy atom. The minimum absolute atomic E-state index is 0.0491. The number of phosphoric acid groups is 2. The van der Waals surface area contributed by atoms with E-state index in [1.807, 2.05) is 12.2 Å². The lowest BCUT2D eigenvalue weighted by Crippen LogP contribution is -2.29. The maximum atomic E-state index is 12.6. The Morgan fingerprint density at radius 3 is 1.41 bits per heavy atom. The number of unbranched alkanes of at least 4 members (excludes halogenated alkanes) is 12. The van der Waals surface area contributed by atoms with Crippen LogP contribution in [0.4, 0.5) is 0 Å². The Hall–Kier alpha value is -2.44. The van der Waals surface area contributed by atoms with E-state index < -0.39 is 66.2 Å². The van der Waals surface area contributed by atoms with Crippen molar-refractivity contribution in [2.24, 2.45) is 0 Å². The van der Waals surface area contributed by atoms with Crippen LogP contribution in [0.25, 0.3) is 0 Å². The minimum atomic E-state index is -4.87. The van der Waals surface area contributed by atoms with Gasteiger partial charge in [-0.1, -0.05) is 132 Å². The summed E-state index contributed by atoms with van der Waals surface area (Å²) in [5, 5.41) is 9.74. The first kappa shape index (κ1) is 56.6. The van der Waals surface area contributed by atoms with Crippen molar-refractivity contribution in [3.8, 4) is 0 Å². The minimum Gasteiger partial charge on any atom is -0.462 e. The summed E-state index contributed by atoms with van der Waals surface area (Å²) >= 11 is 0. The van der Waals surface area contributed by atoms with E-state index in [9.17, 15) is 28.7 Å². The van der Waals surface area contributed by atoms with E-state index in [-0.39, 0.29) is 12.8 Å². The quantitative estimate of drug-likeness (QED) is 0.0197. The van der Waals surface area contributed by atoms with Crippen LogP contribution in [0.2, 0.25) is 0 Å². The average molecular weight is 875 g/mol. The van der Waals surface area contributed by atoms with Crippen LogP contribution >= 0.6 is 15.6 Å². The second-order valence-corrected chi connectivity index (χ2v) is 16.9. The van der Waals surface area contributed by atoms with Crippen molar-refractivity contribution in [1.82, 2.24) is 0 Å². The molecule has 0 aliphatic rings. The van der Waals surface area contributed by atoms with Gasteiger partial charge in [-0.3, -0.25) is 23.2 Å². The maximum Gasteiger partial charge on any atom is 0.472 e. The first-order valence-corrected chi connectivity index (χ1v) is 24.7. The Balaban J connectivity index is 4.66. The van der Waals surface area contributed by atoms with Gasteiger partial charge in [0.05, 0.1) is 19.8 Å². The largest absolute Gasteiger partial charge is 0.472 e. The number of phosphoric ester groups is 2. The van der Waals surface area contributed by atoms with Gasteiger partial charge in [0.25, 0.3) is 0 Å². The summed E-state index contributed by atoms with van der Waals surface area (Å²) in [6, 6.07) is 0. The van der Waals surface area contributed by atoms with Gasteiger partial charge < -0.3 is 29.3 Å². The van der Waals surface area contributed by atoms with Crippen molar-refractivity contribution in [3.05, 3.63) is 72.9 Å². The first-order chi connectivity index (χ1) is 28.4. The number of carbonyl (C=O) groups excluding carboxylic acids is 2. The van der Waals surface area contributed by atoms with Gasteiger partial charge in [-0.25, -0.2) is 9.13 Å². The number of ether oxygens (including phenoxy) is 2. The van der Waals surface area contributed by atoms with Gasteiger partial charge in [-0.05, 0) is 83.5 Å². The zero-order valence-electron chi connectivity index (χ0n) is 35.8. The molecule has 59 heavy (non-hydrogen) atoms. The number of hydrogen-bond acceptors (Lipinski definition) is 10. The van der Waals surface area contributed by atoms with Gasteiger partial charge in [-0.15, -0.1) is 0 Å². The van der Waals surface area contributed by atoms with E-state index in [1.165, 1.54) is 38.5 Å². The van der Waals surface area contributed by atoms with Gasteiger partial charge in [0.2, 0.25) is 0 Å². The first-order valence-electron chi connectivity index (χ1n) is 21.6. The summed E-state index contributed by atoms with van der Waals surface area (Å²) in [4.78, 5) is 52.6. The number of aliphatic hydroxyl groups excluding tert-OH is 1. The molecule has 0 amide bonds. The third-order valence-corrected chi connectivity index (χ3v) is 9.99. The van der Waals surface area contributed by atoms with Crippen LogP contribution < -0.4 is 0 Å². The van der Waals surface area contributed by atoms with Crippen molar-refractivity contribution >= 4 is 27.6 Å². The van der Waals surface area contributed by atoms with Gasteiger partial charge >= 0.3 is 27.6 Å². The molecule has 0 rings (SSSR count). The molecular formula is C44H76O13P2. The topological polar surface area (TPSA) is 195 Å². The Bertz CT molecular complexity index is 1320. The molecule has 0 aliphatic carbocycles. The summed E-state index contributed by atoms with van der Waals surface area (Å²) in [5.41, 5.74) is 0. The Labute approximate surface area is 354 Å². The SMILES string of the molecule is CCCCC/C=C\C/C=C\C/C=C\C/C=C\CCCC(=O)O[C@H](COC(=O)CCCCCCC/C=C\C/C=C\CCCCC)COP(=O)(O)OC[C@@H](O)COP(=O)(O)O. The molecule has 3 atom stereocenters. The zero-order chi connectivity index (χ0) is 43.7. The molecule has 0 spiro atoms. The van der Waals surface area contributed by atoms with E-state index in [2.05, 4.69) is 83.7 Å². The molecule has 0 aromatic carbocycles. The maximum absolute atomic E-state index is 12.6. The fourth-order valence-corrected chi connectivity index (χ4v) is 6.41. The van der Waals surface area contributed by atoms with Crippen molar-refractivity contribution in [2.45, 2.75) is 167 Å². The predicted molar refractivity (Wildman–Crippen MR) is 234 cm³/mol. The third kappa shape index (κ3) is 43.5. The molecule has 0 bridgehead atoms. The molecule has 13 nitrogen and oxygen atoms in total. The summed E-state index contributed by atoms with van der Waals surface area (Å²) in [7, 11) is -9.70. The summed E-state index contributed by atoms with van der Waals surface area (Å²) in [5.74, 6) is -1.12. The molecule has 0 saturated heterocycles. The standard InChI is InChI=1S/C44H76O13P2/c1-3-5-7-9-11-13-15-17-19-20-22-24-26-28-30-32-34-36-44(47)57-42(40-56-59(51,52)55-38-41(45)37-54-58(48,49)50)39-53-43(46)35-33-31-29-27-25-23-21-18-16-14-12-10-8-6-4-2/h11-14,17-19,21-22,24,28,30,41-42,45H,3-10,15-16,20,23,25-27,29,31-40H2,1-2H3,(H,51,52)(H2,48,49,50)/b13-11-,14-12-,19-17-,21-18-,24-22-,30-28-/t41-,42+/m0/s1. The van der Waals surface area contributed by atoms with Crippen LogP contribution in [0.15, 0.2) is 72.9 Å². The van der Waals surface area contributed by atoms with Crippen LogP contribution in [0, 0.1) is 0 Å². The number of aliphatic hydroxyl groups is 1. The molecule has 340 valence electrons. The summed E-state index contributed by atoms with van der Waals surface area (Å²) in [6.07, 6.45) is 43.3. The van der Waals surface area contributed by atoms with E-state index in [1.54, 1.807) is 0 Å². The monoisotopic (exact) mass is 874 g/mol. The zero-order valence-corrected chi connectivity index (χ0v) is 37.6. The second-order valence-electron chi connectivity index (χ2n) is 14.3. The summed E-state index contributed by atoms with van der Waals surface area (Å²) in [6.45, 7) is 1.62. The lowest BCUT2D eigenvalue weighted by atomic mass is 10.1. The number of carbonyl (C=O) groups is 2. The second kappa shape index (κ2) is 39.7. The number of allylic oxidation sites excluding steroid dienone is 12. The molecule has 4 N–H and O–H groups in total. The lowest BCUT2D eigenvalue weighted by molar-refractivity contribution is -0.161. The van der Waals surface area contributed by atoms with Gasteiger partial charge in [0.1, 0.15) is 12.7 Å². The molecule has 0 aliphatic heterocycles. The average Bonchev–Trinajstić information content (AvgIpc) is 3.19. The van der Waals surface area contributed by atoms with Crippen LogP contribution in [0.5, 0.6) is 0 Å². The summed E-state index contributed by atoms with van der Waals surface area (Å²) < 4.78 is 47.7. The Kier molecular flexibility index (Phi) is 38.0. The van der Waals surface area contributed by atoms with E-state index >= 15 is 0 Å². The van der Waals surface area contributed by atoms with Crippen molar-refractivity contribution in [2.75, 3.05) is 26.4 Å². The number of hydrogen-bond donors (Lipinski definition) is 4. The molecule has 0 aromatic rings. The fraction of sp³-hybridized carbons (Fsp3) is 0.682. The van der Waals surface area contributed by atoms with E-state index in [4.69, 9.17) is 23.8 Å². The molecule has 15 heteroatoms. The molecule has 0 radical (unpaired) electrons. The highest BCUT2D eigenvalue weighted by atomic mass is 31.2. The van der Waals surface area contributed by atoms with Gasteiger partial charge in [-0.2, -0.15) is 0 Å². The third-order valence-electron chi connectivity index (χ3n) is 8.56. The van der Waals surface area contributed by atoms with Crippen LogP contribution in [0.3, 0.4) is 0 Å². The lowest BCUT2D eigenvalue weighted by Gasteiger charge is -2.20. The molecule has 0 heterocycles.